The fourth-order valence-electron chi connectivity index (χ4n) is 2.21. The minimum absolute atomic E-state index is 0.257. The topological polar surface area (TPSA) is 113 Å². The highest BCUT2D eigenvalue weighted by Gasteiger charge is 2.18. The summed E-state index contributed by atoms with van der Waals surface area (Å²) in [4.78, 5) is 24.9. The summed E-state index contributed by atoms with van der Waals surface area (Å²) < 4.78 is 1.33. The van der Waals surface area contributed by atoms with Gasteiger partial charge in [0.25, 0.3) is 0 Å². The van der Waals surface area contributed by atoms with Gasteiger partial charge in [0.1, 0.15) is 12.2 Å². The zero-order chi connectivity index (χ0) is 15.7. The summed E-state index contributed by atoms with van der Waals surface area (Å²) in [6.07, 6.45) is 1.91. The molecule has 0 spiro atoms. The molecule has 0 unspecified atom stereocenters. The highest BCUT2D eigenvalue weighted by Crippen LogP contribution is 2.18. The third-order valence-corrected chi connectivity index (χ3v) is 3.30. The minimum Gasteiger partial charge on any atom is -0.382 e. The van der Waals surface area contributed by atoms with Crippen molar-refractivity contribution in [1.82, 2.24) is 19.5 Å². The maximum Gasteiger partial charge on any atom is 0.250 e. The maximum absolute atomic E-state index is 12.1. The Labute approximate surface area is 127 Å². The minimum atomic E-state index is -0.647. The van der Waals surface area contributed by atoms with Gasteiger partial charge in [-0.15, -0.1) is 0 Å². The largest absolute Gasteiger partial charge is 0.382 e. The summed E-state index contributed by atoms with van der Waals surface area (Å²) in [5, 5.41) is 0. The van der Waals surface area contributed by atoms with E-state index in [1.54, 1.807) is 6.92 Å². The SMILES string of the molecule is C[C@H](N)C(=O)n1cnc2c(N)nc(Cc3ccccc3)nc21. The van der Waals surface area contributed by atoms with Gasteiger partial charge in [-0.25, -0.2) is 15.0 Å². The number of fused-ring (bicyclic) bond motifs is 1. The first-order valence-corrected chi connectivity index (χ1v) is 6.89. The normalized spacial score (nSPS) is 12.5. The van der Waals surface area contributed by atoms with Crippen molar-refractivity contribution in [2.45, 2.75) is 19.4 Å². The predicted octanol–water partition coefficient (Wildman–Crippen LogP) is 0.987. The molecule has 7 heteroatoms. The van der Waals surface area contributed by atoms with Gasteiger partial charge < -0.3 is 11.5 Å². The third kappa shape index (κ3) is 2.53. The molecular formula is C15H16N6O. The number of benzene rings is 1. The number of hydrogen-bond donors (Lipinski definition) is 2. The van der Waals surface area contributed by atoms with E-state index in [0.717, 1.165) is 5.56 Å². The van der Waals surface area contributed by atoms with Crippen LogP contribution in [-0.4, -0.2) is 31.5 Å². The van der Waals surface area contributed by atoms with E-state index in [0.29, 0.717) is 23.4 Å². The van der Waals surface area contributed by atoms with Gasteiger partial charge in [-0.05, 0) is 12.5 Å². The van der Waals surface area contributed by atoms with Gasteiger partial charge >= 0.3 is 0 Å². The van der Waals surface area contributed by atoms with E-state index in [1.807, 2.05) is 30.3 Å². The molecule has 0 aliphatic carbocycles. The molecule has 3 rings (SSSR count). The molecule has 0 aliphatic rings. The van der Waals surface area contributed by atoms with Crippen LogP contribution in [-0.2, 0) is 6.42 Å². The number of hydrogen-bond acceptors (Lipinski definition) is 6. The fraction of sp³-hybridized carbons (Fsp3) is 0.200. The van der Waals surface area contributed by atoms with Crippen LogP contribution in [0.1, 0.15) is 23.1 Å². The number of nitrogen functional groups attached to an aromatic ring is 1. The number of aromatic nitrogens is 4. The molecule has 0 aliphatic heterocycles. The van der Waals surface area contributed by atoms with Crippen molar-refractivity contribution < 1.29 is 4.79 Å². The van der Waals surface area contributed by atoms with E-state index >= 15 is 0 Å². The Morgan fingerprint density at radius 1 is 1.27 bits per heavy atom. The van der Waals surface area contributed by atoms with Gasteiger partial charge in [0.15, 0.2) is 17.0 Å². The molecule has 0 saturated carbocycles. The first kappa shape index (κ1) is 14.2. The lowest BCUT2D eigenvalue weighted by molar-refractivity contribution is 0.0891. The van der Waals surface area contributed by atoms with E-state index in [1.165, 1.54) is 10.9 Å². The molecule has 2 aromatic heterocycles. The van der Waals surface area contributed by atoms with E-state index in [-0.39, 0.29) is 11.7 Å². The molecule has 0 saturated heterocycles. The second kappa shape index (κ2) is 5.53. The number of carbonyl (C=O) groups is 1. The average molecular weight is 296 g/mol. The predicted molar refractivity (Wildman–Crippen MR) is 83.3 cm³/mol. The summed E-state index contributed by atoms with van der Waals surface area (Å²) in [5.74, 6) is 0.508. The highest BCUT2D eigenvalue weighted by molar-refractivity contribution is 5.93. The Hall–Kier alpha value is -2.80. The van der Waals surface area contributed by atoms with Crippen LogP contribution in [0.4, 0.5) is 5.82 Å². The van der Waals surface area contributed by atoms with Gasteiger partial charge in [-0.1, -0.05) is 30.3 Å². The van der Waals surface area contributed by atoms with Crippen LogP contribution in [0.25, 0.3) is 11.2 Å². The maximum atomic E-state index is 12.1. The van der Waals surface area contributed by atoms with E-state index < -0.39 is 6.04 Å². The number of nitrogens with two attached hydrogens (primary N) is 2. The lowest BCUT2D eigenvalue weighted by atomic mass is 10.1. The smallest absolute Gasteiger partial charge is 0.250 e. The van der Waals surface area contributed by atoms with Gasteiger partial charge in [0, 0.05) is 6.42 Å². The van der Waals surface area contributed by atoms with Crippen LogP contribution in [0.15, 0.2) is 36.7 Å². The number of rotatable bonds is 3. The first-order valence-electron chi connectivity index (χ1n) is 6.89. The summed E-state index contributed by atoms with van der Waals surface area (Å²) in [6, 6.07) is 9.15. The van der Waals surface area contributed by atoms with Crippen LogP contribution < -0.4 is 11.5 Å². The van der Waals surface area contributed by atoms with Crippen molar-refractivity contribution in [3.05, 3.63) is 48.0 Å². The second-order valence-corrected chi connectivity index (χ2v) is 5.10. The lowest BCUT2D eigenvalue weighted by Crippen LogP contribution is -2.31. The number of imidazole rings is 1. The first-order chi connectivity index (χ1) is 10.6. The van der Waals surface area contributed by atoms with Crippen molar-refractivity contribution in [2.24, 2.45) is 5.73 Å². The molecule has 2 heterocycles. The Morgan fingerprint density at radius 2 is 2.00 bits per heavy atom. The van der Waals surface area contributed by atoms with Crippen LogP contribution in [0.2, 0.25) is 0 Å². The number of nitrogens with zero attached hydrogens (tertiary/aromatic N) is 4. The van der Waals surface area contributed by atoms with Gasteiger partial charge in [0.2, 0.25) is 5.91 Å². The fourth-order valence-corrected chi connectivity index (χ4v) is 2.21. The Kier molecular flexibility index (Phi) is 3.56. The van der Waals surface area contributed by atoms with Crippen molar-refractivity contribution in [1.29, 1.82) is 0 Å². The van der Waals surface area contributed by atoms with Crippen LogP contribution in [0, 0.1) is 0 Å². The third-order valence-electron chi connectivity index (χ3n) is 3.30. The monoisotopic (exact) mass is 296 g/mol. The van der Waals surface area contributed by atoms with Gasteiger partial charge in [-0.2, -0.15) is 0 Å². The second-order valence-electron chi connectivity index (χ2n) is 5.10. The Bertz CT molecular complexity index is 825. The number of carbonyl (C=O) groups excluding carboxylic acids is 1. The summed E-state index contributed by atoms with van der Waals surface area (Å²) in [6.45, 7) is 1.61. The van der Waals surface area contributed by atoms with Crippen LogP contribution >= 0.6 is 0 Å². The number of anilines is 1. The van der Waals surface area contributed by atoms with Crippen molar-refractivity contribution in [3.63, 3.8) is 0 Å². The average Bonchev–Trinajstić information content (AvgIpc) is 2.91. The van der Waals surface area contributed by atoms with Crippen molar-refractivity contribution in [2.75, 3.05) is 5.73 Å². The van der Waals surface area contributed by atoms with E-state index in [4.69, 9.17) is 11.5 Å². The van der Waals surface area contributed by atoms with Gasteiger partial charge in [0.05, 0.1) is 6.04 Å². The van der Waals surface area contributed by atoms with Crippen LogP contribution in [0.3, 0.4) is 0 Å². The Morgan fingerprint density at radius 3 is 2.68 bits per heavy atom. The molecule has 0 amide bonds. The lowest BCUT2D eigenvalue weighted by Gasteiger charge is -2.07. The molecule has 22 heavy (non-hydrogen) atoms. The zero-order valence-electron chi connectivity index (χ0n) is 12.1. The molecule has 1 atom stereocenters. The molecule has 0 bridgehead atoms. The molecular weight excluding hydrogens is 280 g/mol. The van der Waals surface area contributed by atoms with Crippen molar-refractivity contribution in [3.8, 4) is 0 Å². The summed E-state index contributed by atoms with van der Waals surface area (Å²) in [7, 11) is 0. The molecule has 3 aromatic rings. The molecule has 7 nitrogen and oxygen atoms in total. The molecule has 112 valence electrons. The summed E-state index contributed by atoms with van der Waals surface area (Å²) >= 11 is 0. The zero-order valence-corrected chi connectivity index (χ0v) is 12.1. The molecule has 1 aromatic carbocycles. The molecule has 0 radical (unpaired) electrons. The van der Waals surface area contributed by atoms with Gasteiger partial charge in [-0.3, -0.25) is 9.36 Å². The standard InChI is InChI=1S/C15H16N6O/c1-9(16)15(22)21-8-18-12-13(17)19-11(20-14(12)21)7-10-5-3-2-4-6-10/h2-6,8-9H,7,16H2,1H3,(H2,17,19,20)/t9-/m0/s1. The Balaban J connectivity index is 2.06. The summed E-state index contributed by atoms with van der Waals surface area (Å²) in [5.41, 5.74) is 13.4. The molecule has 0 fully saturated rings. The van der Waals surface area contributed by atoms with E-state index in [9.17, 15) is 4.79 Å². The quantitative estimate of drug-likeness (QED) is 0.745. The van der Waals surface area contributed by atoms with Crippen molar-refractivity contribution >= 4 is 22.9 Å². The van der Waals surface area contributed by atoms with E-state index in [2.05, 4.69) is 15.0 Å². The van der Waals surface area contributed by atoms with Crippen LogP contribution in [0.5, 0.6) is 0 Å². The molecule has 4 N–H and O–H groups in total. The highest BCUT2D eigenvalue weighted by atomic mass is 16.2.